The summed E-state index contributed by atoms with van der Waals surface area (Å²) >= 11 is 0. The second kappa shape index (κ2) is 3.11. The lowest BCUT2D eigenvalue weighted by atomic mass is 10.2. The Bertz CT molecular complexity index is 316. The van der Waals surface area contributed by atoms with E-state index in [2.05, 4.69) is 9.97 Å². The molecule has 1 aromatic heterocycles. The summed E-state index contributed by atoms with van der Waals surface area (Å²) in [6.07, 6.45) is -1.67. The molecule has 1 aliphatic rings. The minimum Gasteiger partial charge on any atom is -0.341 e. The fourth-order valence-corrected chi connectivity index (χ4v) is 1.15. The molecule has 2 heterocycles. The number of hydrogen-bond acceptors (Lipinski definition) is 3. The molecule has 0 radical (unpaired) electrons. The normalized spacial score (nSPS) is 16.6. The van der Waals surface area contributed by atoms with Gasteiger partial charge in [-0.1, -0.05) is 0 Å². The topological polar surface area (TPSA) is 29.0 Å². The van der Waals surface area contributed by atoms with Crippen LogP contribution in [0.15, 0.2) is 12.4 Å². The molecule has 14 heavy (non-hydrogen) atoms. The molecule has 0 saturated carbocycles. The Morgan fingerprint density at radius 1 is 1.14 bits per heavy atom. The predicted molar refractivity (Wildman–Crippen MR) is 43.9 cm³/mol. The SMILES string of the molecule is FC(F)(F)c1cnc(N2CCC2)nc1. The van der Waals surface area contributed by atoms with Crippen LogP contribution in [0, 0.1) is 0 Å². The number of nitrogens with zero attached hydrogens (tertiary/aromatic N) is 3. The van der Waals surface area contributed by atoms with Crippen LogP contribution in [0.4, 0.5) is 19.1 Å². The van der Waals surface area contributed by atoms with Gasteiger partial charge in [-0.15, -0.1) is 0 Å². The number of hydrogen-bond donors (Lipinski definition) is 0. The molecule has 0 aliphatic carbocycles. The van der Waals surface area contributed by atoms with Crippen LogP contribution >= 0.6 is 0 Å². The molecule has 1 aliphatic heterocycles. The van der Waals surface area contributed by atoms with E-state index in [1.165, 1.54) is 0 Å². The molecule has 2 rings (SSSR count). The summed E-state index contributed by atoms with van der Waals surface area (Å²) in [7, 11) is 0. The predicted octanol–water partition coefficient (Wildman–Crippen LogP) is 1.71. The lowest BCUT2D eigenvalue weighted by Crippen LogP contribution is -2.38. The molecule has 0 amide bonds. The third kappa shape index (κ3) is 1.64. The molecule has 1 aromatic rings. The maximum Gasteiger partial charge on any atom is 0.419 e. The standard InChI is InChI=1S/C8H8F3N3/c9-8(10,11)6-4-12-7(13-5-6)14-2-1-3-14/h4-5H,1-3H2. The average molecular weight is 203 g/mol. The van der Waals surface area contributed by atoms with Crippen LogP contribution in [0.5, 0.6) is 0 Å². The Morgan fingerprint density at radius 2 is 1.71 bits per heavy atom. The second-order valence-corrected chi connectivity index (χ2v) is 3.11. The van der Waals surface area contributed by atoms with Crippen LogP contribution < -0.4 is 4.90 Å². The van der Waals surface area contributed by atoms with Crippen LogP contribution in [0.25, 0.3) is 0 Å². The summed E-state index contributed by atoms with van der Waals surface area (Å²) in [6.45, 7) is 1.65. The molecule has 0 aromatic carbocycles. The van der Waals surface area contributed by atoms with Gasteiger partial charge in [-0.3, -0.25) is 0 Å². The third-order valence-electron chi connectivity index (χ3n) is 2.10. The first-order valence-corrected chi connectivity index (χ1v) is 4.21. The van der Waals surface area contributed by atoms with Crippen molar-refractivity contribution in [1.82, 2.24) is 9.97 Å². The Balaban J connectivity index is 2.17. The van der Waals surface area contributed by atoms with Gasteiger partial charge >= 0.3 is 6.18 Å². The molecule has 76 valence electrons. The van der Waals surface area contributed by atoms with Crippen molar-refractivity contribution >= 4 is 5.95 Å². The van der Waals surface area contributed by atoms with Crippen LogP contribution in [-0.4, -0.2) is 23.1 Å². The van der Waals surface area contributed by atoms with E-state index >= 15 is 0 Å². The molecule has 3 nitrogen and oxygen atoms in total. The van der Waals surface area contributed by atoms with Gasteiger partial charge in [0.1, 0.15) is 0 Å². The first-order chi connectivity index (χ1) is 6.57. The molecule has 0 atom stereocenters. The van der Waals surface area contributed by atoms with Crippen LogP contribution in [0.1, 0.15) is 12.0 Å². The Labute approximate surface area is 78.6 Å². The molecule has 0 unspecified atom stereocenters. The fraction of sp³-hybridized carbons (Fsp3) is 0.500. The van der Waals surface area contributed by atoms with Gasteiger partial charge in [0.2, 0.25) is 5.95 Å². The van der Waals surface area contributed by atoms with Crippen molar-refractivity contribution in [1.29, 1.82) is 0 Å². The third-order valence-corrected chi connectivity index (χ3v) is 2.10. The van der Waals surface area contributed by atoms with Gasteiger partial charge in [-0.2, -0.15) is 13.2 Å². The molecule has 0 spiro atoms. The van der Waals surface area contributed by atoms with E-state index in [0.29, 0.717) is 5.95 Å². The lowest BCUT2D eigenvalue weighted by Gasteiger charge is -2.30. The van der Waals surface area contributed by atoms with Gasteiger partial charge in [0, 0.05) is 25.5 Å². The zero-order valence-corrected chi connectivity index (χ0v) is 7.25. The van der Waals surface area contributed by atoms with Crippen LogP contribution in [0.3, 0.4) is 0 Å². The Morgan fingerprint density at radius 3 is 2.07 bits per heavy atom. The highest BCUT2D eigenvalue weighted by Crippen LogP contribution is 2.28. The van der Waals surface area contributed by atoms with Gasteiger partial charge < -0.3 is 4.90 Å². The van der Waals surface area contributed by atoms with Crippen LogP contribution in [-0.2, 0) is 6.18 Å². The van der Waals surface area contributed by atoms with Crippen molar-refractivity contribution in [2.75, 3.05) is 18.0 Å². The average Bonchev–Trinajstić information content (AvgIpc) is 2.00. The van der Waals surface area contributed by atoms with Crippen molar-refractivity contribution in [3.8, 4) is 0 Å². The van der Waals surface area contributed by atoms with E-state index in [9.17, 15) is 13.2 Å². The molecule has 0 bridgehead atoms. The highest BCUT2D eigenvalue weighted by atomic mass is 19.4. The molecule has 1 fully saturated rings. The minimum atomic E-state index is -4.35. The molecule has 1 saturated heterocycles. The quantitative estimate of drug-likeness (QED) is 0.695. The van der Waals surface area contributed by atoms with Crippen molar-refractivity contribution < 1.29 is 13.2 Å². The summed E-state index contributed by atoms with van der Waals surface area (Å²) in [5.74, 6) is 0.379. The fourth-order valence-electron chi connectivity index (χ4n) is 1.15. The van der Waals surface area contributed by atoms with E-state index in [-0.39, 0.29) is 0 Å². The maximum atomic E-state index is 12.1. The van der Waals surface area contributed by atoms with E-state index in [1.54, 1.807) is 0 Å². The van der Waals surface area contributed by atoms with Crippen molar-refractivity contribution in [2.45, 2.75) is 12.6 Å². The number of halogens is 3. The van der Waals surface area contributed by atoms with Crippen molar-refractivity contribution in [2.24, 2.45) is 0 Å². The van der Waals surface area contributed by atoms with Crippen molar-refractivity contribution in [3.05, 3.63) is 18.0 Å². The first-order valence-electron chi connectivity index (χ1n) is 4.21. The molecular weight excluding hydrogens is 195 g/mol. The number of alkyl halides is 3. The van der Waals surface area contributed by atoms with E-state index in [0.717, 1.165) is 31.9 Å². The number of rotatable bonds is 1. The van der Waals surface area contributed by atoms with E-state index in [4.69, 9.17) is 0 Å². The first kappa shape index (κ1) is 9.23. The second-order valence-electron chi connectivity index (χ2n) is 3.11. The molecule has 6 heteroatoms. The lowest BCUT2D eigenvalue weighted by molar-refractivity contribution is -0.138. The van der Waals surface area contributed by atoms with Crippen molar-refractivity contribution in [3.63, 3.8) is 0 Å². The van der Waals surface area contributed by atoms with Gasteiger partial charge in [-0.05, 0) is 6.42 Å². The van der Waals surface area contributed by atoms with E-state index < -0.39 is 11.7 Å². The highest BCUT2D eigenvalue weighted by Gasteiger charge is 2.31. The van der Waals surface area contributed by atoms with Gasteiger partial charge in [0.15, 0.2) is 0 Å². The molecular formula is C8H8F3N3. The van der Waals surface area contributed by atoms with Gasteiger partial charge in [0.25, 0.3) is 0 Å². The Kier molecular flexibility index (Phi) is 2.05. The van der Waals surface area contributed by atoms with E-state index in [1.807, 2.05) is 4.90 Å². The zero-order valence-electron chi connectivity index (χ0n) is 7.25. The smallest absolute Gasteiger partial charge is 0.341 e. The van der Waals surface area contributed by atoms with Crippen LogP contribution in [0.2, 0.25) is 0 Å². The summed E-state index contributed by atoms with van der Waals surface area (Å²) in [4.78, 5) is 9.16. The summed E-state index contributed by atoms with van der Waals surface area (Å²) in [6, 6.07) is 0. The van der Waals surface area contributed by atoms with Gasteiger partial charge in [0.05, 0.1) is 5.56 Å². The molecule has 0 N–H and O–H groups in total. The highest BCUT2D eigenvalue weighted by molar-refractivity contribution is 5.33. The van der Waals surface area contributed by atoms with Gasteiger partial charge in [-0.25, -0.2) is 9.97 Å². The zero-order chi connectivity index (χ0) is 10.2. The monoisotopic (exact) mass is 203 g/mol. The largest absolute Gasteiger partial charge is 0.419 e. The summed E-state index contributed by atoms with van der Waals surface area (Å²) in [5, 5.41) is 0. The number of aromatic nitrogens is 2. The number of anilines is 1. The minimum absolute atomic E-state index is 0.379. The summed E-state index contributed by atoms with van der Waals surface area (Å²) in [5.41, 5.74) is -0.804. The maximum absolute atomic E-state index is 12.1. The summed E-state index contributed by atoms with van der Waals surface area (Å²) < 4.78 is 36.4. The Hall–Kier alpha value is -1.33.